The SMILES string of the molecule is CCCC/C(C)=C/C(=O)N(C)CC(=O)CC. The van der Waals surface area contributed by atoms with Gasteiger partial charge in [-0.25, -0.2) is 0 Å². The third kappa shape index (κ3) is 6.38. The van der Waals surface area contributed by atoms with Gasteiger partial charge in [-0.1, -0.05) is 25.8 Å². The van der Waals surface area contributed by atoms with Crippen LogP contribution < -0.4 is 0 Å². The third-order valence-electron chi connectivity index (χ3n) is 2.48. The van der Waals surface area contributed by atoms with Gasteiger partial charge >= 0.3 is 0 Å². The van der Waals surface area contributed by atoms with Gasteiger partial charge in [-0.15, -0.1) is 0 Å². The smallest absolute Gasteiger partial charge is 0.246 e. The van der Waals surface area contributed by atoms with Crippen molar-refractivity contribution in [1.29, 1.82) is 0 Å². The number of Topliss-reactive ketones (excluding diaryl/α,β-unsaturated/α-hetero) is 1. The molecule has 0 atom stereocenters. The van der Waals surface area contributed by atoms with Gasteiger partial charge in [-0.3, -0.25) is 9.59 Å². The van der Waals surface area contributed by atoms with Crippen LogP contribution in [0.4, 0.5) is 0 Å². The summed E-state index contributed by atoms with van der Waals surface area (Å²) in [4.78, 5) is 24.3. The van der Waals surface area contributed by atoms with Gasteiger partial charge in [-0.2, -0.15) is 0 Å². The van der Waals surface area contributed by atoms with Crippen molar-refractivity contribution < 1.29 is 9.59 Å². The van der Waals surface area contributed by atoms with E-state index in [9.17, 15) is 9.59 Å². The first-order chi connectivity index (χ1) is 7.51. The topological polar surface area (TPSA) is 37.4 Å². The molecule has 0 aliphatic heterocycles. The standard InChI is InChI=1S/C13H23NO2/c1-5-7-8-11(3)9-13(16)14(4)10-12(15)6-2/h9H,5-8,10H2,1-4H3/b11-9+. The largest absolute Gasteiger partial charge is 0.335 e. The molecule has 0 saturated heterocycles. The highest BCUT2D eigenvalue weighted by atomic mass is 16.2. The lowest BCUT2D eigenvalue weighted by molar-refractivity contribution is -0.130. The molecule has 0 bridgehead atoms. The Morgan fingerprint density at radius 1 is 1.25 bits per heavy atom. The fourth-order valence-corrected chi connectivity index (χ4v) is 1.30. The van der Waals surface area contributed by atoms with Crippen LogP contribution in [0.5, 0.6) is 0 Å². The Morgan fingerprint density at radius 2 is 1.88 bits per heavy atom. The van der Waals surface area contributed by atoms with Crippen molar-refractivity contribution in [2.45, 2.75) is 46.5 Å². The van der Waals surface area contributed by atoms with Crippen molar-refractivity contribution in [3.63, 3.8) is 0 Å². The minimum absolute atomic E-state index is 0.0737. The van der Waals surface area contributed by atoms with E-state index in [2.05, 4.69) is 6.92 Å². The summed E-state index contributed by atoms with van der Waals surface area (Å²) < 4.78 is 0. The molecule has 1 amide bonds. The monoisotopic (exact) mass is 225 g/mol. The molecule has 0 aromatic rings. The lowest BCUT2D eigenvalue weighted by atomic mass is 10.1. The van der Waals surface area contributed by atoms with Crippen molar-refractivity contribution in [3.05, 3.63) is 11.6 Å². The molecule has 0 rings (SSSR count). The third-order valence-corrected chi connectivity index (χ3v) is 2.48. The molecule has 0 saturated carbocycles. The summed E-state index contributed by atoms with van der Waals surface area (Å²) in [5.41, 5.74) is 1.09. The van der Waals surface area contributed by atoms with Gasteiger partial charge in [0.05, 0.1) is 6.54 Å². The summed E-state index contributed by atoms with van der Waals surface area (Å²) in [6.07, 6.45) is 5.31. The Kier molecular flexibility index (Phi) is 7.52. The predicted molar refractivity (Wildman–Crippen MR) is 66.2 cm³/mol. The van der Waals surface area contributed by atoms with Crippen molar-refractivity contribution in [3.8, 4) is 0 Å². The second kappa shape index (κ2) is 8.08. The fourth-order valence-electron chi connectivity index (χ4n) is 1.30. The van der Waals surface area contributed by atoms with Gasteiger partial charge in [-0.05, 0) is 19.8 Å². The van der Waals surface area contributed by atoms with Gasteiger partial charge in [0.1, 0.15) is 0 Å². The second-order valence-electron chi connectivity index (χ2n) is 4.18. The van der Waals surface area contributed by atoms with Gasteiger partial charge in [0.2, 0.25) is 5.91 Å². The zero-order valence-electron chi connectivity index (χ0n) is 10.9. The zero-order valence-corrected chi connectivity index (χ0v) is 10.9. The van der Waals surface area contributed by atoms with Crippen LogP contribution >= 0.6 is 0 Å². The Balaban J connectivity index is 4.17. The van der Waals surface area contributed by atoms with Crippen molar-refractivity contribution in [2.24, 2.45) is 0 Å². The molecule has 16 heavy (non-hydrogen) atoms. The van der Waals surface area contributed by atoms with Gasteiger partial charge in [0, 0.05) is 19.5 Å². The Labute approximate surface area is 98.5 Å². The number of ketones is 1. The molecule has 0 heterocycles. The molecule has 3 heteroatoms. The van der Waals surface area contributed by atoms with Crippen LogP contribution in [0.15, 0.2) is 11.6 Å². The molecule has 0 fully saturated rings. The van der Waals surface area contributed by atoms with Crippen LogP contribution in [0.2, 0.25) is 0 Å². The first-order valence-corrected chi connectivity index (χ1v) is 5.95. The van der Waals surface area contributed by atoms with E-state index in [0.717, 1.165) is 24.8 Å². The summed E-state index contributed by atoms with van der Waals surface area (Å²) >= 11 is 0. The fraction of sp³-hybridized carbons (Fsp3) is 0.692. The first kappa shape index (κ1) is 14.9. The van der Waals surface area contributed by atoms with E-state index in [0.29, 0.717) is 6.42 Å². The maximum absolute atomic E-state index is 11.7. The molecular formula is C13H23NO2. The maximum atomic E-state index is 11.7. The number of nitrogens with zero attached hydrogens (tertiary/aromatic N) is 1. The van der Waals surface area contributed by atoms with E-state index in [1.165, 1.54) is 4.90 Å². The molecule has 3 nitrogen and oxygen atoms in total. The Morgan fingerprint density at radius 3 is 2.38 bits per heavy atom. The Bertz CT molecular complexity index is 269. The van der Waals surface area contributed by atoms with Crippen LogP contribution in [0.3, 0.4) is 0 Å². The number of allylic oxidation sites excluding steroid dienone is 1. The molecule has 0 radical (unpaired) electrons. The molecule has 0 aliphatic rings. The van der Waals surface area contributed by atoms with Crippen molar-refractivity contribution in [2.75, 3.05) is 13.6 Å². The molecule has 92 valence electrons. The minimum atomic E-state index is -0.0737. The van der Waals surface area contributed by atoms with E-state index in [4.69, 9.17) is 0 Å². The predicted octanol–water partition coefficient (Wildman–Crippen LogP) is 2.56. The summed E-state index contributed by atoms with van der Waals surface area (Å²) in [7, 11) is 1.67. The summed E-state index contributed by atoms with van der Waals surface area (Å²) in [5, 5.41) is 0. The van der Waals surface area contributed by atoms with Crippen LogP contribution in [0.1, 0.15) is 46.5 Å². The molecular weight excluding hydrogens is 202 g/mol. The van der Waals surface area contributed by atoms with Crippen molar-refractivity contribution in [1.82, 2.24) is 4.90 Å². The van der Waals surface area contributed by atoms with Crippen LogP contribution in [-0.4, -0.2) is 30.2 Å². The van der Waals surface area contributed by atoms with E-state index < -0.39 is 0 Å². The first-order valence-electron chi connectivity index (χ1n) is 5.95. The molecule has 0 aromatic heterocycles. The quantitative estimate of drug-likeness (QED) is 0.624. The summed E-state index contributed by atoms with van der Waals surface area (Å²) in [6, 6.07) is 0. The van der Waals surface area contributed by atoms with Gasteiger partial charge < -0.3 is 4.90 Å². The minimum Gasteiger partial charge on any atom is -0.335 e. The highest BCUT2D eigenvalue weighted by molar-refractivity contribution is 5.91. The summed E-state index contributed by atoms with van der Waals surface area (Å²) in [5.74, 6) is 0.0193. The number of likely N-dealkylation sites (N-methyl/N-ethyl adjacent to an activating group) is 1. The molecule has 0 aliphatic carbocycles. The average Bonchev–Trinajstić information content (AvgIpc) is 2.25. The highest BCUT2D eigenvalue weighted by Crippen LogP contribution is 2.06. The van der Waals surface area contributed by atoms with Gasteiger partial charge in [0.25, 0.3) is 0 Å². The van der Waals surface area contributed by atoms with E-state index >= 15 is 0 Å². The van der Waals surface area contributed by atoms with Crippen LogP contribution in [-0.2, 0) is 9.59 Å². The number of carbonyl (C=O) groups is 2. The van der Waals surface area contributed by atoms with Crippen LogP contribution in [0, 0.1) is 0 Å². The summed E-state index contributed by atoms with van der Waals surface area (Å²) in [6.45, 7) is 6.11. The van der Waals surface area contributed by atoms with Crippen LogP contribution in [0.25, 0.3) is 0 Å². The second-order valence-corrected chi connectivity index (χ2v) is 4.18. The van der Waals surface area contributed by atoms with E-state index in [-0.39, 0.29) is 18.2 Å². The van der Waals surface area contributed by atoms with Gasteiger partial charge in [0.15, 0.2) is 5.78 Å². The lowest BCUT2D eigenvalue weighted by Gasteiger charge is -2.14. The number of unbranched alkanes of at least 4 members (excludes halogenated alkanes) is 1. The maximum Gasteiger partial charge on any atom is 0.246 e. The highest BCUT2D eigenvalue weighted by Gasteiger charge is 2.09. The van der Waals surface area contributed by atoms with E-state index in [1.54, 1.807) is 13.1 Å². The average molecular weight is 225 g/mol. The zero-order chi connectivity index (χ0) is 12.6. The normalized spacial score (nSPS) is 11.4. The molecule has 0 N–H and O–H groups in total. The van der Waals surface area contributed by atoms with Crippen molar-refractivity contribution >= 4 is 11.7 Å². The lowest BCUT2D eigenvalue weighted by Crippen LogP contribution is -2.30. The number of hydrogen-bond acceptors (Lipinski definition) is 2. The number of amides is 1. The van der Waals surface area contributed by atoms with E-state index in [1.807, 2.05) is 13.8 Å². The number of carbonyl (C=O) groups excluding carboxylic acids is 2. The molecule has 0 spiro atoms. The number of rotatable bonds is 7. The molecule has 0 unspecified atom stereocenters. The number of hydrogen-bond donors (Lipinski definition) is 0. The molecule has 0 aromatic carbocycles. The Hall–Kier alpha value is -1.12.